The average Bonchev–Trinajstić information content (AvgIpc) is 3.08. The average molecular weight is 340 g/mol. The fourth-order valence-corrected chi connectivity index (χ4v) is 2.95. The monoisotopic (exact) mass is 340 g/mol. The summed E-state index contributed by atoms with van der Waals surface area (Å²) >= 11 is 0. The largest absolute Gasteiger partial charge is 0.493 e. The molecule has 4 rings (SSSR count). The van der Waals surface area contributed by atoms with E-state index in [-0.39, 0.29) is 12.4 Å². The van der Waals surface area contributed by atoms with E-state index in [0.717, 1.165) is 0 Å². The molecule has 0 bridgehead atoms. The number of benzene rings is 2. The first-order valence-corrected chi connectivity index (χ1v) is 7.68. The highest BCUT2D eigenvalue weighted by Crippen LogP contribution is 2.34. The van der Waals surface area contributed by atoms with Gasteiger partial charge < -0.3 is 18.9 Å². The Kier molecular flexibility index (Phi) is 3.49. The standard InChI is InChI=1S/C18H16N2O5/c1-10-19-13-8-16(23-3)15(22-2)7-12(13)18(21)20(10)11-4-5-14-17(6-11)25-9-24-14/h4-8H,9H2,1-3H3. The number of nitrogens with zero attached hydrogens (tertiary/aromatic N) is 2. The summed E-state index contributed by atoms with van der Waals surface area (Å²) < 4.78 is 22.8. The van der Waals surface area contributed by atoms with Gasteiger partial charge in [-0.2, -0.15) is 0 Å². The van der Waals surface area contributed by atoms with Gasteiger partial charge in [0.15, 0.2) is 23.0 Å². The first-order chi connectivity index (χ1) is 12.1. The van der Waals surface area contributed by atoms with Crippen molar-refractivity contribution in [2.45, 2.75) is 6.92 Å². The van der Waals surface area contributed by atoms with Crippen molar-refractivity contribution in [3.63, 3.8) is 0 Å². The molecule has 128 valence electrons. The van der Waals surface area contributed by atoms with Gasteiger partial charge >= 0.3 is 0 Å². The number of ether oxygens (including phenoxy) is 4. The number of aromatic nitrogens is 2. The molecular formula is C18H16N2O5. The van der Waals surface area contributed by atoms with E-state index >= 15 is 0 Å². The third kappa shape index (κ3) is 2.36. The van der Waals surface area contributed by atoms with Crippen LogP contribution in [-0.2, 0) is 0 Å². The molecule has 0 fully saturated rings. The molecule has 0 saturated carbocycles. The quantitative estimate of drug-likeness (QED) is 0.729. The molecule has 0 atom stereocenters. The molecule has 0 radical (unpaired) electrons. The zero-order valence-electron chi connectivity index (χ0n) is 14.0. The zero-order chi connectivity index (χ0) is 17.6. The van der Waals surface area contributed by atoms with E-state index in [1.165, 1.54) is 11.7 Å². The summed E-state index contributed by atoms with van der Waals surface area (Å²) in [6, 6.07) is 8.70. The number of rotatable bonds is 3. The smallest absolute Gasteiger partial charge is 0.266 e. The molecule has 0 unspecified atom stereocenters. The van der Waals surface area contributed by atoms with E-state index in [2.05, 4.69) is 4.98 Å². The highest BCUT2D eigenvalue weighted by atomic mass is 16.7. The topological polar surface area (TPSA) is 71.8 Å². The van der Waals surface area contributed by atoms with E-state index < -0.39 is 0 Å². The van der Waals surface area contributed by atoms with Crippen LogP contribution in [0.3, 0.4) is 0 Å². The van der Waals surface area contributed by atoms with Crippen LogP contribution in [0.2, 0.25) is 0 Å². The molecule has 0 N–H and O–H groups in total. The number of hydrogen-bond acceptors (Lipinski definition) is 6. The Bertz CT molecular complexity index is 1040. The van der Waals surface area contributed by atoms with Crippen LogP contribution in [0.15, 0.2) is 35.1 Å². The molecule has 0 spiro atoms. The Balaban J connectivity index is 1.97. The van der Waals surface area contributed by atoms with Gasteiger partial charge in [-0.15, -0.1) is 0 Å². The second-order valence-electron chi connectivity index (χ2n) is 5.56. The Morgan fingerprint density at radius 2 is 1.76 bits per heavy atom. The molecule has 7 nitrogen and oxygen atoms in total. The minimum atomic E-state index is -0.192. The zero-order valence-corrected chi connectivity index (χ0v) is 14.0. The Labute approximate surface area is 143 Å². The predicted molar refractivity (Wildman–Crippen MR) is 91.3 cm³/mol. The van der Waals surface area contributed by atoms with Crippen molar-refractivity contribution < 1.29 is 18.9 Å². The number of methoxy groups -OCH3 is 2. The van der Waals surface area contributed by atoms with Crippen LogP contribution in [0.25, 0.3) is 16.6 Å². The van der Waals surface area contributed by atoms with Crippen LogP contribution >= 0.6 is 0 Å². The fourth-order valence-electron chi connectivity index (χ4n) is 2.95. The van der Waals surface area contributed by atoms with Crippen LogP contribution in [-0.4, -0.2) is 30.6 Å². The molecular weight excluding hydrogens is 324 g/mol. The van der Waals surface area contributed by atoms with Crippen molar-refractivity contribution in [1.82, 2.24) is 9.55 Å². The molecule has 1 aliphatic heterocycles. The highest BCUT2D eigenvalue weighted by molar-refractivity contribution is 5.82. The SMILES string of the molecule is COc1cc2nc(C)n(-c3ccc4c(c3)OCO4)c(=O)c2cc1OC. The van der Waals surface area contributed by atoms with E-state index in [1.807, 2.05) is 0 Å². The summed E-state index contributed by atoms with van der Waals surface area (Å²) in [5.41, 5.74) is 1.02. The Hall–Kier alpha value is -3.22. The van der Waals surface area contributed by atoms with Crippen molar-refractivity contribution in [3.8, 4) is 28.7 Å². The van der Waals surface area contributed by atoms with Crippen molar-refractivity contribution in [2.24, 2.45) is 0 Å². The Morgan fingerprint density at radius 3 is 2.52 bits per heavy atom. The van der Waals surface area contributed by atoms with Crippen molar-refractivity contribution in [1.29, 1.82) is 0 Å². The normalized spacial score (nSPS) is 12.4. The summed E-state index contributed by atoms with van der Waals surface area (Å²) in [6.07, 6.45) is 0. The van der Waals surface area contributed by atoms with Crippen molar-refractivity contribution in [2.75, 3.05) is 21.0 Å². The summed E-state index contributed by atoms with van der Waals surface area (Å²) in [7, 11) is 3.08. The van der Waals surface area contributed by atoms with E-state index in [4.69, 9.17) is 18.9 Å². The molecule has 0 amide bonds. The Morgan fingerprint density at radius 1 is 1.04 bits per heavy atom. The maximum Gasteiger partial charge on any atom is 0.266 e. The molecule has 0 saturated heterocycles. The lowest BCUT2D eigenvalue weighted by molar-refractivity contribution is 0.174. The third-order valence-corrected chi connectivity index (χ3v) is 4.16. The molecule has 1 aromatic heterocycles. The summed E-state index contributed by atoms with van der Waals surface area (Å²) in [5, 5.41) is 0.445. The van der Waals surface area contributed by atoms with Gasteiger partial charge in [-0.3, -0.25) is 9.36 Å². The summed E-state index contributed by atoms with van der Waals surface area (Å²) in [5.74, 6) is 2.84. The minimum Gasteiger partial charge on any atom is -0.493 e. The third-order valence-electron chi connectivity index (χ3n) is 4.16. The van der Waals surface area contributed by atoms with Crippen LogP contribution in [0, 0.1) is 6.92 Å². The van der Waals surface area contributed by atoms with Crippen LogP contribution in [0.1, 0.15) is 5.82 Å². The van der Waals surface area contributed by atoms with Crippen LogP contribution < -0.4 is 24.5 Å². The van der Waals surface area contributed by atoms with Gasteiger partial charge in [0, 0.05) is 12.1 Å². The van der Waals surface area contributed by atoms with Gasteiger partial charge in [0.25, 0.3) is 5.56 Å². The molecule has 25 heavy (non-hydrogen) atoms. The predicted octanol–water partition coefficient (Wildman–Crippen LogP) is 2.44. The second-order valence-corrected chi connectivity index (χ2v) is 5.56. The number of hydrogen-bond donors (Lipinski definition) is 0. The number of fused-ring (bicyclic) bond motifs is 2. The van der Waals surface area contributed by atoms with Gasteiger partial charge in [-0.05, 0) is 25.1 Å². The summed E-state index contributed by atoms with van der Waals surface area (Å²) in [4.78, 5) is 17.6. The van der Waals surface area contributed by atoms with Crippen molar-refractivity contribution in [3.05, 3.63) is 46.5 Å². The van der Waals surface area contributed by atoms with Gasteiger partial charge in [-0.1, -0.05) is 0 Å². The van der Waals surface area contributed by atoms with Crippen molar-refractivity contribution >= 4 is 10.9 Å². The summed E-state index contributed by atoms with van der Waals surface area (Å²) in [6.45, 7) is 1.96. The van der Waals surface area contributed by atoms with E-state index in [1.54, 1.807) is 44.4 Å². The lowest BCUT2D eigenvalue weighted by Crippen LogP contribution is -2.22. The minimum absolute atomic E-state index is 0.180. The molecule has 2 heterocycles. The lowest BCUT2D eigenvalue weighted by Gasteiger charge is -2.13. The van der Waals surface area contributed by atoms with E-state index in [9.17, 15) is 4.79 Å². The van der Waals surface area contributed by atoms with Crippen LogP contribution in [0.5, 0.6) is 23.0 Å². The maximum absolute atomic E-state index is 13.1. The maximum atomic E-state index is 13.1. The van der Waals surface area contributed by atoms with Crippen LogP contribution in [0.4, 0.5) is 0 Å². The molecule has 2 aromatic carbocycles. The fraction of sp³-hybridized carbons (Fsp3) is 0.222. The van der Waals surface area contributed by atoms with E-state index in [0.29, 0.717) is 45.4 Å². The molecule has 0 aliphatic carbocycles. The van der Waals surface area contributed by atoms with Gasteiger partial charge in [0.05, 0.1) is 30.8 Å². The molecule has 7 heteroatoms. The second kappa shape index (κ2) is 5.70. The molecule has 1 aliphatic rings. The molecule has 3 aromatic rings. The van der Waals surface area contributed by atoms with Gasteiger partial charge in [-0.25, -0.2) is 4.98 Å². The lowest BCUT2D eigenvalue weighted by atomic mass is 10.2. The first kappa shape index (κ1) is 15.3. The highest BCUT2D eigenvalue weighted by Gasteiger charge is 2.18. The van der Waals surface area contributed by atoms with Gasteiger partial charge in [0.2, 0.25) is 6.79 Å². The number of aryl methyl sites for hydroxylation is 1. The first-order valence-electron chi connectivity index (χ1n) is 7.68. The van der Waals surface area contributed by atoms with Gasteiger partial charge in [0.1, 0.15) is 5.82 Å².